The first-order valence-corrected chi connectivity index (χ1v) is 5.84. The molecule has 5 heteroatoms. The quantitative estimate of drug-likeness (QED) is 0.715. The molecule has 1 aromatic heterocycles. The highest BCUT2D eigenvalue weighted by atomic mass is 35.5. The first kappa shape index (κ1) is 12.2. The Hall–Kier alpha value is -1.29. The maximum absolute atomic E-state index is 11.9. The van der Waals surface area contributed by atoms with E-state index in [-0.39, 0.29) is 6.09 Å². The molecule has 1 aliphatic rings. The molecule has 2 rings (SSSR count). The standard InChI is InChI=1S/C12H15ClN2O2/c1-12(2,3)17-11(16)15-6-8-4-9(13)5-14-10(8)7-15/h4-5H,6-7H2,1-3H3. The van der Waals surface area contributed by atoms with Crippen LogP contribution in [0.4, 0.5) is 4.79 Å². The monoisotopic (exact) mass is 254 g/mol. The van der Waals surface area contributed by atoms with E-state index in [1.165, 1.54) is 0 Å². The molecular weight excluding hydrogens is 240 g/mol. The molecule has 0 spiro atoms. The summed E-state index contributed by atoms with van der Waals surface area (Å²) in [4.78, 5) is 17.7. The van der Waals surface area contributed by atoms with Gasteiger partial charge in [0.2, 0.25) is 0 Å². The number of aromatic nitrogens is 1. The number of rotatable bonds is 0. The van der Waals surface area contributed by atoms with Crippen LogP contribution in [0.25, 0.3) is 0 Å². The Morgan fingerprint density at radius 2 is 2.18 bits per heavy atom. The van der Waals surface area contributed by atoms with Crippen LogP contribution in [-0.2, 0) is 17.8 Å². The van der Waals surface area contributed by atoms with E-state index in [0.29, 0.717) is 18.1 Å². The number of hydrogen-bond acceptors (Lipinski definition) is 3. The largest absolute Gasteiger partial charge is 0.444 e. The average Bonchev–Trinajstić information content (AvgIpc) is 2.57. The number of carbonyl (C=O) groups excluding carboxylic acids is 1. The molecule has 0 aliphatic carbocycles. The number of carbonyl (C=O) groups is 1. The van der Waals surface area contributed by atoms with Gasteiger partial charge in [0, 0.05) is 6.20 Å². The summed E-state index contributed by atoms with van der Waals surface area (Å²) in [7, 11) is 0. The minimum Gasteiger partial charge on any atom is -0.444 e. The van der Waals surface area contributed by atoms with Crippen molar-refractivity contribution in [1.82, 2.24) is 9.88 Å². The lowest BCUT2D eigenvalue weighted by Gasteiger charge is -2.23. The number of halogens is 1. The Balaban J connectivity index is 2.07. The van der Waals surface area contributed by atoms with E-state index in [1.54, 1.807) is 11.1 Å². The van der Waals surface area contributed by atoms with Gasteiger partial charge in [-0.05, 0) is 32.4 Å². The second-order valence-electron chi connectivity index (χ2n) is 5.10. The van der Waals surface area contributed by atoms with Crippen molar-refractivity contribution in [1.29, 1.82) is 0 Å². The molecule has 0 fully saturated rings. The maximum Gasteiger partial charge on any atom is 0.410 e. The van der Waals surface area contributed by atoms with Crippen molar-refractivity contribution in [2.24, 2.45) is 0 Å². The number of hydrogen-bond donors (Lipinski definition) is 0. The molecule has 0 bridgehead atoms. The Morgan fingerprint density at radius 1 is 1.47 bits per heavy atom. The second kappa shape index (κ2) is 4.18. The number of fused-ring (bicyclic) bond motifs is 1. The molecule has 0 aromatic carbocycles. The zero-order valence-electron chi connectivity index (χ0n) is 10.2. The van der Waals surface area contributed by atoms with Crippen LogP contribution in [0, 0.1) is 0 Å². The second-order valence-corrected chi connectivity index (χ2v) is 5.53. The summed E-state index contributed by atoms with van der Waals surface area (Å²) < 4.78 is 5.31. The fourth-order valence-corrected chi connectivity index (χ4v) is 1.87. The van der Waals surface area contributed by atoms with E-state index in [0.717, 1.165) is 11.3 Å². The van der Waals surface area contributed by atoms with Crippen molar-refractivity contribution in [2.75, 3.05) is 0 Å². The summed E-state index contributed by atoms with van der Waals surface area (Å²) in [5.74, 6) is 0. The third-order valence-corrected chi connectivity index (χ3v) is 2.59. The van der Waals surface area contributed by atoms with E-state index in [9.17, 15) is 4.79 Å². The molecule has 0 atom stereocenters. The van der Waals surface area contributed by atoms with Crippen LogP contribution in [0.2, 0.25) is 5.02 Å². The third-order valence-electron chi connectivity index (χ3n) is 2.38. The maximum atomic E-state index is 11.9. The van der Waals surface area contributed by atoms with Crippen LogP contribution in [0.5, 0.6) is 0 Å². The van der Waals surface area contributed by atoms with E-state index in [2.05, 4.69) is 4.98 Å². The average molecular weight is 255 g/mol. The lowest BCUT2D eigenvalue weighted by molar-refractivity contribution is 0.0240. The van der Waals surface area contributed by atoms with Crippen LogP contribution in [0.15, 0.2) is 12.3 Å². The first-order chi connectivity index (χ1) is 7.85. The molecule has 0 radical (unpaired) electrons. The first-order valence-electron chi connectivity index (χ1n) is 5.46. The van der Waals surface area contributed by atoms with Crippen LogP contribution in [-0.4, -0.2) is 21.6 Å². The minimum atomic E-state index is -0.475. The topological polar surface area (TPSA) is 42.4 Å². The summed E-state index contributed by atoms with van der Waals surface area (Å²) in [5.41, 5.74) is 1.40. The van der Waals surface area contributed by atoms with Gasteiger partial charge in [0.15, 0.2) is 0 Å². The van der Waals surface area contributed by atoms with Crippen molar-refractivity contribution in [2.45, 2.75) is 39.5 Å². The fourth-order valence-electron chi connectivity index (χ4n) is 1.69. The van der Waals surface area contributed by atoms with Gasteiger partial charge in [-0.2, -0.15) is 0 Å². The fraction of sp³-hybridized carbons (Fsp3) is 0.500. The Bertz CT molecular complexity index is 454. The predicted molar refractivity (Wildman–Crippen MR) is 64.7 cm³/mol. The zero-order chi connectivity index (χ0) is 12.6. The molecule has 4 nitrogen and oxygen atoms in total. The highest BCUT2D eigenvalue weighted by Gasteiger charge is 2.28. The van der Waals surface area contributed by atoms with Crippen LogP contribution in [0.3, 0.4) is 0 Å². The molecule has 1 amide bonds. The molecule has 0 unspecified atom stereocenters. The highest BCUT2D eigenvalue weighted by molar-refractivity contribution is 6.30. The van der Waals surface area contributed by atoms with Crippen molar-refractivity contribution in [3.8, 4) is 0 Å². The molecule has 17 heavy (non-hydrogen) atoms. The Morgan fingerprint density at radius 3 is 2.82 bits per heavy atom. The molecular formula is C12H15ClN2O2. The van der Waals surface area contributed by atoms with Crippen molar-refractivity contribution < 1.29 is 9.53 Å². The molecule has 0 N–H and O–H groups in total. The van der Waals surface area contributed by atoms with Gasteiger partial charge in [0.1, 0.15) is 5.60 Å². The number of nitrogens with zero attached hydrogens (tertiary/aromatic N) is 2. The van der Waals surface area contributed by atoms with E-state index >= 15 is 0 Å². The van der Waals surface area contributed by atoms with Gasteiger partial charge in [0.05, 0.1) is 23.8 Å². The molecule has 92 valence electrons. The summed E-state index contributed by atoms with van der Waals surface area (Å²) >= 11 is 5.86. The highest BCUT2D eigenvalue weighted by Crippen LogP contribution is 2.25. The number of amides is 1. The summed E-state index contributed by atoms with van der Waals surface area (Å²) in [5, 5.41) is 0.592. The molecule has 2 heterocycles. The van der Waals surface area contributed by atoms with Gasteiger partial charge in [-0.1, -0.05) is 11.6 Å². The third kappa shape index (κ3) is 2.88. The predicted octanol–water partition coefficient (Wildman–Crippen LogP) is 2.99. The summed E-state index contributed by atoms with van der Waals surface area (Å²) in [6.45, 7) is 6.55. The van der Waals surface area contributed by atoms with Crippen LogP contribution in [0.1, 0.15) is 32.0 Å². The van der Waals surface area contributed by atoms with Crippen molar-refractivity contribution in [3.05, 3.63) is 28.5 Å². The van der Waals surface area contributed by atoms with Crippen LogP contribution >= 0.6 is 11.6 Å². The molecule has 1 aliphatic heterocycles. The summed E-state index contributed by atoms with van der Waals surface area (Å²) in [6.07, 6.45) is 1.28. The van der Waals surface area contributed by atoms with Crippen LogP contribution < -0.4 is 0 Å². The van der Waals surface area contributed by atoms with Gasteiger partial charge in [-0.25, -0.2) is 4.79 Å². The lowest BCUT2D eigenvalue weighted by Crippen LogP contribution is -2.33. The van der Waals surface area contributed by atoms with Gasteiger partial charge in [-0.15, -0.1) is 0 Å². The molecule has 1 aromatic rings. The van der Waals surface area contributed by atoms with Gasteiger partial charge in [-0.3, -0.25) is 9.88 Å². The lowest BCUT2D eigenvalue weighted by atomic mass is 10.2. The molecule has 0 saturated carbocycles. The smallest absolute Gasteiger partial charge is 0.410 e. The van der Waals surface area contributed by atoms with Crippen molar-refractivity contribution in [3.63, 3.8) is 0 Å². The van der Waals surface area contributed by atoms with Crippen molar-refractivity contribution >= 4 is 17.7 Å². The van der Waals surface area contributed by atoms with Gasteiger partial charge >= 0.3 is 6.09 Å². The van der Waals surface area contributed by atoms with Gasteiger partial charge < -0.3 is 4.74 Å². The van der Waals surface area contributed by atoms with E-state index in [1.807, 2.05) is 26.8 Å². The van der Waals surface area contributed by atoms with Gasteiger partial charge in [0.25, 0.3) is 0 Å². The molecule has 0 saturated heterocycles. The van der Waals surface area contributed by atoms with E-state index < -0.39 is 5.60 Å². The SMILES string of the molecule is CC(C)(C)OC(=O)N1Cc2cc(Cl)cnc2C1. The Labute approximate surface area is 106 Å². The normalized spacial score (nSPS) is 14.7. The zero-order valence-corrected chi connectivity index (χ0v) is 10.9. The minimum absolute atomic E-state index is 0.313. The van der Waals surface area contributed by atoms with E-state index in [4.69, 9.17) is 16.3 Å². The number of ether oxygens (including phenoxy) is 1. The summed E-state index contributed by atoms with van der Waals surface area (Å²) in [6, 6.07) is 1.84. The Kier molecular flexibility index (Phi) is 3.00. The number of pyridine rings is 1.